The van der Waals surface area contributed by atoms with Gasteiger partial charge in [-0.3, -0.25) is 9.69 Å². The third kappa shape index (κ3) is 3.56. The predicted molar refractivity (Wildman–Crippen MR) is 65.6 cm³/mol. The molecule has 0 aromatic rings. The average molecular weight is 227 g/mol. The van der Waals surface area contributed by atoms with E-state index in [2.05, 4.69) is 4.90 Å². The summed E-state index contributed by atoms with van der Waals surface area (Å²) in [4.78, 5) is 14.4. The van der Waals surface area contributed by atoms with Gasteiger partial charge >= 0.3 is 0 Å². The van der Waals surface area contributed by atoms with E-state index in [0.717, 1.165) is 13.1 Å². The van der Waals surface area contributed by atoms with Gasteiger partial charge < -0.3 is 4.74 Å². The summed E-state index contributed by atoms with van der Waals surface area (Å²) in [7, 11) is 0. The van der Waals surface area contributed by atoms with E-state index in [1.165, 1.54) is 19.3 Å². The van der Waals surface area contributed by atoms with Crippen LogP contribution in [0.3, 0.4) is 0 Å². The largest absolute Gasteiger partial charge is 0.371 e. The third-order valence-electron chi connectivity index (χ3n) is 3.38. The van der Waals surface area contributed by atoms with E-state index in [-0.39, 0.29) is 24.0 Å². The van der Waals surface area contributed by atoms with E-state index in [1.54, 1.807) is 0 Å². The average Bonchev–Trinajstić information content (AvgIpc) is 2.27. The van der Waals surface area contributed by atoms with Crippen LogP contribution in [-0.4, -0.2) is 42.0 Å². The zero-order valence-electron chi connectivity index (χ0n) is 11.1. The van der Waals surface area contributed by atoms with Crippen molar-refractivity contribution in [2.45, 2.75) is 58.6 Å². The lowest BCUT2D eigenvalue weighted by molar-refractivity contribution is -0.136. The fourth-order valence-corrected chi connectivity index (χ4v) is 2.05. The monoisotopic (exact) mass is 227 g/mol. The first-order valence-corrected chi connectivity index (χ1v) is 6.34. The lowest BCUT2D eigenvalue weighted by Gasteiger charge is -2.39. The molecule has 94 valence electrons. The number of carbonyl (C=O) groups excluding carboxylic acids is 1. The van der Waals surface area contributed by atoms with Crippen LogP contribution < -0.4 is 0 Å². The van der Waals surface area contributed by atoms with Crippen LogP contribution in [0.25, 0.3) is 0 Å². The van der Waals surface area contributed by atoms with E-state index in [0.29, 0.717) is 0 Å². The Hall–Kier alpha value is -0.410. The van der Waals surface area contributed by atoms with Crippen molar-refractivity contribution >= 4 is 5.78 Å². The molecule has 0 saturated carbocycles. The second kappa shape index (κ2) is 5.78. The summed E-state index contributed by atoms with van der Waals surface area (Å²) in [6, 6.07) is 0. The smallest absolute Gasteiger partial charge is 0.178 e. The van der Waals surface area contributed by atoms with E-state index >= 15 is 0 Å². The molecule has 0 spiro atoms. The highest BCUT2D eigenvalue weighted by Crippen LogP contribution is 2.21. The number of nitrogens with zero attached hydrogens (tertiary/aromatic N) is 1. The van der Waals surface area contributed by atoms with Crippen LogP contribution in [-0.2, 0) is 9.53 Å². The maximum Gasteiger partial charge on any atom is 0.178 e. The lowest BCUT2D eigenvalue weighted by atomic mass is 9.94. The van der Waals surface area contributed by atoms with Crippen molar-refractivity contribution in [1.82, 2.24) is 4.90 Å². The highest BCUT2D eigenvalue weighted by atomic mass is 16.5. The van der Waals surface area contributed by atoms with Crippen LogP contribution in [0.5, 0.6) is 0 Å². The quantitative estimate of drug-likeness (QED) is 0.721. The summed E-state index contributed by atoms with van der Waals surface area (Å²) in [5, 5.41) is 0. The minimum Gasteiger partial charge on any atom is -0.371 e. The van der Waals surface area contributed by atoms with Crippen molar-refractivity contribution in [1.29, 1.82) is 0 Å². The zero-order chi connectivity index (χ0) is 12.2. The number of likely N-dealkylation sites (tertiary alicyclic amines) is 1. The van der Waals surface area contributed by atoms with Crippen molar-refractivity contribution < 1.29 is 9.53 Å². The van der Waals surface area contributed by atoms with Gasteiger partial charge in [0.15, 0.2) is 5.78 Å². The predicted octanol–water partition coefficient (Wildman–Crippen LogP) is 2.25. The van der Waals surface area contributed by atoms with Crippen molar-refractivity contribution in [3.05, 3.63) is 0 Å². The number of rotatable bonds is 5. The molecule has 16 heavy (non-hydrogen) atoms. The van der Waals surface area contributed by atoms with Crippen LogP contribution >= 0.6 is 0 Å². The molecule has 1 rings (SSSR count). The molecule has 3 nitrogen and oxygen atoms in total. The molecule has 0 aliphatic carbocycles. The first-order chi connectivity index (χ1) is 7.44. The summed E-state index contributed by atoms with van der Waals surface area (Å²) in [6.45, 7) is 10.3. The van der Waals surface area contributed by atoms with Gasteiger partial charge in [-0.15, -0.1) is 0 Å². The fourth-order valence-electron chi connectivity index (χ4n) is 2.05. The van der Waals surface area contributed by atoms with E-state index < -0.39 is 0 Å². The molecule has 0 radical (unpaired) electrons. The number of hydrogen-bond acceptors (Lipinski definition) is 3. The fraction of sp³-hybridized carbons (Fsp3) is 0.923. The van der Waals surface area contributed by atoms with Gasteiger partial charge in [0.05, 0.1) is 11.6 Å². The molecule has 0 amide bonds. The SMILES string of the molecule is CC(C)OCC(=O)C(C)(C)N1CCCCC1. The van der Waals surface area contributed by atoms with Crippen LogP contribution in [0.1, 0.15) is 47.0 Å². The highest BCUT2D eigenvalue weighted by molar-refractivity contribution is 5.88. The van der Waals surface area contributed by atoms with Gasteiger partial charge in [-0.25, -0.2) is 0 Å². The molecule has 3 heteroatoms. The maximum absolute atomic E-state index is 12.1. The first-order valence-electron chi connectivity index (χ1n) is 6.34. The van der Waals surface area contributed by atoms with E-state index in [9.17, 15) is 4.79 Å². The number of Topliss-reactive ketones (excluding diaryl/α,β-unsaturated/α-hetero) is 1. The van der Waals surface area contributed by atoms with Crippen LogP contribution in [0.2, 0.25) is 0 Å². The minimum absolute atomic E-state index is 0.126. The Morgan fingerprint density at radius 1 is 1.25 bits per heavy atom. The summed E-state index contributed by atoms with van der Waals surface area (Å²) >= 11 is 0. The Morgan fingerprint density at radius 2 is 1.81 bits per heavy atom. The van der Waals surface area contributed by atoms with Crippen LogP contribution in [0.15, 0.2) is 0 Å². The summed E-state index contributed by atoms with van der Waals surface area (Å²) in [5.41, 5.74) is -0.366. The number of ether oxygens (including phenoxy) is 1. The lowest BCUT2D eigenvalue weighted by Crippen LogP contribution is -2.53. The zero-order valence-corrected chi connectivity index (χ0v) is 11.1. The van der Waals surface area contributed by atoms with Gasteiger partial charge in [-0.2, -0.15) is 0 Å². The third-order valence-corrected chi connectivity index (χ3v) is 3.38. The van der Waals surface area contributed by atoms with Crippen molar-refractivity contribution in [3.63, 3.8) is 0 Å². The van der Waals surface area contributed by atoms with Crippen molar-refractivity contribution in [2.24, 2.45) is 0 Å². The van der Waals surface area contributed by atoms with Crippen molar-refractivity contribution in [3.8, 4) is 0 Å². The molecule has 0 atom stereocenters. The molecule has 0 N–H and O–H groups in total. The van der Waals surface area contributed by atoms with Gasteiger partial charge in [0, 0.05) is 0 Å². The Labute approximate surface area is 99.1 Å². The molecule has 1 fully saturated rings. The first kappa shape index (κ1) is 13.7. The number of ketones is 1. The molecule has 0 aromatic carbocycles. The Balaban J connectivity index is 2.50. The molecular weight excluding hydrogens is 202 g/mol. The van der Waals surface area contributed by atoms with E-state index in [1.807, 2.05) is 27.7 Å². The molecule has 0 aromatic heterocycles. The van der Waals surface area contributed by atoms with Crippen LogP contribution in [0, 0.1) is 0 Å². The van der Waals surface area contributed by atoms with E-state index in [4.69, 9.17) is 4.74 Å². The van der Waals surface area contributed by atoms with Gasteiger partial charge in [0.2, 0.25) is 0 Å². The van der Waals surface area contributed by atoms with Crippen LogP contribution in [0.4, 0.5) is 0 Å². The van der Waals surface area contributed by atoms with Gasteiger partial charge in [-0.05, 0) is 53.6 Å². The van der Waals surface area contributed by atoms with Crippen molar-refractivity contribution in [2.75, 3.05) is 19.7 Å². The van der Waals surface area contributed by atoms with Gasteiger partial charge in [0.25, 0.3) is 0 Å². The maximum atomic E-state index is 12.1. The second-order valence-electron chi connectivity index (χ2n) is 5.39. The molecular formula is C13H25NO2. The Kier molecular flexibility index (Phi) is 4.93. The van der Waals surface area contributed by atoms with Gasteiger partial charge in [-0.1, -0.05) is 6.42 Å². The topological polar surface area (TPSA) is 29.5 Å². The van der Waals surface area contributed by atoms with Gasteiger partial charge in [0.1, 0.15) is 6.61 Å². The molecule has 1 heterocycles. The Morgan fingerprint density at radius 3 is 2.31 bits per heavy atom. The summed E-state index contributed by atoms with van der Waals surface area (Å²) in [6.07, 6.45) is 3.84. The normalized spacial score (nSPS) is 19.1. The highest BCUT2D eigenvalue weighted by Gasteiger charge is 2.34. The summed E-state index contributed by atoms with van der Waals surface area (Å²) < 4.78 is 5.40. The Bertz CT molecular complexity index is 230. The molecule has 1 saturated heterocycles. The number of piperidine rings is 1. The number of hydrogen-bond donors (Lipinski definition) is 0. The molecule has 0 unspecified atom stereocenters. The number of carbonyl (C=O) groups is 1. The molecule has 1 aliphatic heterocycles. The summed E-state index contributed by atoms with van der Waals surface area (Å²) in [5.74, 6) is 0.197. The standard InChI is InChI=1S/C13H25NO2/c1-11(2)16-10-12(15)13(3,4)14-8-6-5-7-9-14/h11H,5-10H2,1-4H3. The molecule has 0 bridgehead atoms. The second-order valence-corrected chi connectivity index (χ2v) is 5.39. The minimum atomic E-state index is -0.366. The molecule has 1 aliphatic rings.